The summed E-state index contributed by atoms with van der Waals surface area (Å²) in [5.41, 5.74) is 3.22. The van der Waals surface area contributed by atoms with Gasteiger partial charge < -0.3 is 24.8 Å². The van der Waals surface area contributed by atoms with Crippen molar-refractivity contribution >= 4 is 5.96 Å². The molecular formula is C22H29N3O3. The second-order valence-corrected chi connectivity index (χ2v) is 6.11. The van der Waals surface area contributed by atoms with Crippen LogP contribution in [0.4, 0.5) is 0 Å². The lowest BCUT2D eigenvalue weighted by Crippen LogP contribution is -2.36. The molecule has 0 atom stereocenters. The lowest BCUT2D eigenvalue weighted by atomic mass is 10.1. The number of nitrogens with one attached hydrogen (secondary N) is 2. The lowest BCUT2D eigenvalue weighted by Gasteiger charge is -2.16. The number of hydrogen-bond donors (Lipinski definition) is 2. The normalized spacial score (nSPS) is 10.9. The van der Waals surface area contributed by atoms with Crippen LogP contribution in [-0.2, 0) is 19.5 Å². The second-order valence-electron chi connectivity index (χ2n) is 6.11. The molecule has 0 bridgehead atoms. The zero-order valence-corrected chi connectivity index (χ0v) is 17.0. The van der Waals surface area contributed by atoms with Gasteiger partial charge in [-0.05, 0) is 41.8 Å². The minimum absolute atomic E-state index is 0.599. The van der Waals surface area contributed by atoms with Crippen molar-refractivity contribution in [1.29, 1.82) is 0 Å². The van der Waals surface area contributed by atoms with E-state index in [0.29, 0.717) is 31.2 Å². The quantitative estimate of drug-likeness (QED) is 0.395. The molecule has 2 aromatic carbocycles. The second kappa shape index (κ2) is 10.9. The van der Waals surface area contributed by atoms with Crippen LogP contribution in [0.3, 0.4) is 0 Å². The zero-order chi connectivity index (χ0) is 20.4. The van der Waals surface area contributed by atoms with Crippen LogP contribution in [0.1, 0.15) is 16.7 Å². The smallest absolute Gasteiger partial charge is 0.191 e. The molecule has 0 saturated carbocycles. The number of ether oxygens (including phenoxy) is 3. The molecule has 0 aliphatic heterocycles. The molecule has 0 heterocycles. The fraction of sp³-hybridized carbons (Fsp3) is 0.318. The van der Waals surface area contributed by atoms with E-state index >= 15 is 0 Å². The first-order chi connectivity index (χ1) is 13.6. The van der Waals surface area contributed by atoms with Gasteiger partial charge >= 0.3 is 0 Å². The van der Waals surface area contributed by atoms with E-state index in [1.165, 1.54) is 0 Å². The molecule has 0 spiro atoms. The van der Waals surface area contributed by atoms with Crippen LogP contribution in [0.15, 0.2) is 54.0 Å². The molecule has 0 aromatic heterocycles. The summed E-state index contributed by atoms with van der Waals surface area (Å²) < 4.78 is 16.2. The summed E-state index contributed by atoms with van der Waals surface area (Å²) in [5, 5.41) is 6.64. The Morgan fingerprint density at radius 1 is 1.00 bits per heavy atom. The molecule has 6 heteroatoms. The van der Waals surface area contributed by atoms with Crippen LogP contribution in [0, 0.1) is 0 Å². The zero-order valence-electron chi connectivity index (χ0n) is 17.0. The summed E-state index contributed by atoms with van der Waals surface area (Å²) in [5.74, 6) is 3.00. The Bertz CT molecular complexity index is 819. The molecule has 2 N–H and O–H groups in total. The first kappa shape index (κ1) is 21.2. The van der Waals surface area contributed by atoms with E-state index in [9.17, 15) is 0 Å². The molecule has 0 fully saturated rings. The van der Waals surface area contributed by atoms with Crippen molar-refractivity contribution in [3.8, 4) is 17.2 Å². The summed E-state index contributed by atoms with van der Waals surface area (Å²) in [6.07, 6.45) is 2.55. The summed E-state index contributed by atoms with van der Waals surface area (Å²) in [6.45, 7) is 5.06. The molecule has 2 rings (SSSR count). The highest BCUT2D eigenvalue weighted by atomic mass is 16.5. The van der Waals surface area contributed by atoms with Gasteiger partial charge in [0.2, 0.25) is 0 Å². The third-order valence-electron chi connectivity index (χ3n) is 4.26. The van der Waals surface area contributed by atoms with E-state index in [1.807, 2.05) is 36.4 Å². The van der Waals surface area contributed by atoms with Gasteiger partial charge in [-0.2, -0.15) is 0 Å². The fourth-order valence-corrected chi connectivity index (χ4v) is 2.89. The first-order valence-corrected chi connectivity index (χ1v) is 9.07. The number of guanidine groups is 1. The number of hydrogen-bond acceptors (Lipinski definition) is 4. The van der Waals surface area contributed by atoms with Crippen LogP contribution < -0.4 is 24.8 Å². The molecule has 150 valence electrons. The molecule has 2 aromatic rings. The van der Waals surface area contributed by atoms with Gasteiger partial charge in [0.05, 0.1) is 21.3 Å². The van der Waals surface area contributed by atoms with E-state index < -0.39 is 0 Å². The summed E-state index contributed by atoms with van der Waals surface area (Å²) in [6, 6.07) is 12.0. The molecule has 0 aliphatic rings. The maximum absolute atomic E-state index is 5.49. The van der Waals surface area contributed by atoms with Crippen molar-refractivity contribution in [2.75, 3.05) is 28.4 Å². The molecule has 0 unspecified atom stereocenters. The Morgan fingerprint density at radius 3 is 2.36 bits per heavy atom. The van der Waals surface area contributed by atoms with Gasteiger partial charge in [0.15, 0.2) is 17.5 Å². The summed E-state index contributed by atoms with van der Waals surface area (Å²) >= 11 is 0. The van der Waals surface area contributed by atoms with Crippen molar-refractivity contribution in [3.63, 3.8) is 0 Å². The predicted molar refractivity (Wildman–Crippen MR) is 113 cm³/mol. The van der Waals surface area contributed by atoms with Gasteiger partial charge in [-0.1, -0.05) is 18.2 Å². The van der Waals surface area contributed by atoms with Gasteiger partial charge in [0.1, 0.15) is 5.75 Å². The lowest BCUT2D eigenvalue weighted by molar-refractivity contribution is 0.352. The Labute approximate surface area is 167 Å². The molecule has 0 amide bonds. The largest absolute Gasteiger partial charge is 0.497 e. The van der Waals surface area contributed by atoms with Crippen LogP contribution in [-0.4, -0.2) is 34.3 Å². The van der Waals surface area contributed by atoms with Gasteiger partial charge in [0.25, 0.3) is 0 Å². The SMILES string of the molecule is C=CCc1cc(CNC(=NC)NCc2cccc(OC)c2)cc(OC)c1OC. The number of allylic oxidation sites excluding steroid dienone is 1. The standard InChI is InChI=1S/C22H29N3O3/c1-6-8-18-11-17(13-20(27-4)21(18)28-5)15-25-22(23-2)24-14-16-9-7-10-19(12-16)26-3/h6-7,9-13H,1,8,14-15H2,2-5H3,(H2,23,24,25). The van der Waals surface area contributed by atoms with E-state index in [1.54, 1.807) is 28.4 Å². The number of benzene rings is 2. The molecule has 0 radical (unpaired) electrons. The molecule has 0 aliphatic carbocycles. The average Bonchev–Trinajstić information content (AvgIpc) is 2.73. The Balaban J connectivity index is 2.04. The van der Waals surface area contributed by atoms with Gasteiger partial charge in [-0.3, -0.25) is 4.99 Å². The maximum Gasteiger partial charge on any atom is 0.191 e. The molecule has 6 nitrogen and oxygen atoms in total. The number of aliphatic imine (C=N–C) groups is 1. The van der Waals surface area contributed by atoms with E-state index in [4.69, 9.17) is 14.2 Å². The monoisotopic (exact) mass is 383 g/mol. The minimum Gasteiger partial charge on any atom is -0.497 e. The van der Waals surface area contributed by atoms with Crippen molar-refractivity contribution in [2.24, 2.45) is 4.99 Å². The topological polar surface area (TPSA) is 64.1 Å². The van der Waals surface area contributed by atoms with E-state index in [-0.39, 0.29) is 0 Å². The maximum atomic E-state index is 5.49. The predicted octanol–water partition coefficient (Wildman–Crippen LogP) is 3.31. The average molecular weight is 383 g/mol. The summed E-state index contributed by atoms with van der Waals surface area (Å²) in [7, 11) is 6.70. The van der Waals surface area contributed by atoms with E-state index in [2.05, 4.69) is 28.3 Å². The highest BCUT2D eigenvalue weighted by Gasteiger charge is 2.12. The van der Waals surface area contributed by atoms with Crippen LogP contribution >= 0.6 is 0 Å². The first-order valence-electron chi connectivity index (χ1n) is 9.07. The van der Waals surface area contributed by atoms with Crippen molar-refractivity contribution in [2.45, 2.75) is 19.5 Å². The molecule has 28 heavy (non-hydrogen) atoms. The van der Waals surface area contributed by atoms with Crippen LogP contribution in [0.2, 0.25) is 0 Å². The molecular weight excluding hydrogens is 354 g/mol. The minimum atomic E-state index is 0.599. The number of methoxy groups -OCH3 is 3. The van der Waals surface area contributed by atoms with E-state index in [0.717, 1.165) is 28.2 Å². The highest BCUT2D eigenvalue weighted by Crippen LogP contribution is 2.33. The summed E-state index contributed by atoms with van der Waals surface area (Å²) in [4.78, 5) is 4.29. The number of rotatable bonds is 9. The third-order valence-corrected chi connectivity index (χ3v) is 4.26. The van der Waals surface area contributed by atoms with Crippen molar-refractivity contribution in [3.05, 3.63) is 65.7 Å². The van der Waals surface area contributed by atoms with Crippen LogP contribution in [0.25, 0.3) is 0 Å². The van der Waals surface area contributed by atoms with Gasteiger partial charge in [-0.25, -0.2) is 0 Å². The van der Waals surface area contributed by atoms with Crippen molar-refractivity contribution in [1.82, 2.24) is 10.6 Å². The fourth-order valence-electron chi connectivity index (χ4n) is 2.89. The highest BCUT2D eigenvalue weighted by molar-refractivity contribution is 5.79. The van der Waals surface area contributed by atoms with Crippen LogP contribution in [0.5, 0.6) is 17.2 Å². The van der Waals surface area contributed by atoms with Crippen molar-refractivity contribution < 1.29 is 14.2 Å². The Kier molecular flexibility index (Phi) is 8.21. The third kappa shape index (κ3) is 5.67. The Hall–Kier alpha value is -3.15. The van der Waals surface area contributed by atoms with Gasteiger partial charge in [0, 0.05) is 25.7 Å². The Morgan fingerprint density at radius 2 is 1.75 bits per heavy atom. The number of nitrogens with zero attached hydrogens (tertiary/aromatic N) is 1. The molecule has 0 saturated heterocycles. The van der Waals surface area contributed by atoms with Gasteiger partial charge in [-0.15, -0.1) is 6.58 Å².